The number of sulfonamides is 1. The van der Waals surface area contributed by atoms with Crippen LogP contribution in [-0.4, -0.2) is 42.4 Å². The van der Waals surface area contributed by atoms with E-state index in [0.29, 0.717) is 31.1 Å². The first-order chi connectivity index (χ1) is 16.0. The molecule has 0 N–H and O–H groups in total. The van der Waals surface area contributed by atoms with Gasteiger partial charge >= 0.3 is 0 Å². The summed E-state index contributed by atoms with van der Waals surface area (Å²) in [6.45, 7) is 2.27. The van der Waals surface area contributed by atoms with E-state index >= 15 is 0 Å². The number of benzene rings is 3. The van der Waals surface area contributed by atoms with Crippen LogP contribution >= 0.6 is 11.8 Å². The molecule has 1 aliphatic rings. The maximum absolute atomic E-state index is 13.1. The molecule has 1 aliphatic heterocycles. The van der Waals surface area contributed by atoms with Crippen LogP contribution in [-0.2, 0) is 27.9 Å². The maximum Gasteiger partial charge on any atom is 0.243 e. The largest absolute Gasteiger partial charge is 0.333 e. The van der Waals surface area contributed by atoms with Crippen molar-refractivity contribution in [2.24, 2.45) is 0 Å². The minimum atomic E-state index is -3.42. The van der Waals surface area contributed by atoms with E-state index in [1.54, 1.807) is 28.6 Å². The molecule has 0 aliphatic carbocycles. The normalized spacial score (nSPS) is 14.3. The summed E-state index contributed by atoms with van der Waals surface area (Å²) in [6.07, 6.45) is 1.83. The summed E-state index contributed by atoms with van der Waals surface area (Å²) in [6, 6.07) is 26.8. The highest BCUT2D eigenvalue weighted by molar-refractivity contribution is 8.00. The van der Waals surface area contributed by atoms with Crippen LogP contribution in [0.5, 0.6) is 0 Å². The number of rotatable bonds is 9. The highest BCUT2D eigenvalue weighted by Gasteiger charge is 2.27. The molecule has 1 saturated heterocycles. The van der Waals surface area contributed by atoms with Crippen LogP contribution in [0, 0.1) is 0 Å². The van der Waals surface area contributed by atoms with Crippen molar-refractivity contribution < 1.29 is 13.2 Å². The molecule has 0 atom stereocenters. The van der Waals surface area contributed by atoms with Gasteiger partial charge in [0.05, 0.1) is 10.6 Å². The van der Waals surface area contributed by atoms with Crippen LogP contribution in [0.3, 0.4) is 0 Å². The van der Waals surface area contributed by atoms with Gasteiger partial charge in [-0.1, -0.05) is 60.7 Å². The molecule has 7 heteroatoms. The molecule has 0 spiro atoms. The Balaban J connectivity index is 1.41. The monoisotopic (exact) mass is 480 g/mol. The Morgan fingerprint density at radius 2 is 1.30 bits per heavy atom. The summed E-state index contributed by atoms with van der Waals surface area (Å²) in [5, 5.41) is 0. The van der Waals surface area contributed by atoms with E-state index in [1.165, 1.54) is 11.8 Å². The van der Waals surface area contributed by atoms with Gasteiger partial charge in [-0.15, -0.1) is 11.8 Å². The van der Waals surface area contributed by atoms with Crippen molar-refractivity contribution in [1.82, 2.24) is 9.21 Å². The quantitative estimate of drug-likeness (QED) is 0.413. The lowest BCUT2D eigenvalue weighted by Gasteiger charge is -2.23. The lowest BCUT2D eigenvalue weighted by atomic mass is 10.1. The Labute approximate surface area is 200 Å². The van der Waals surface area contributed by atoms with E-state index in [4.69, 9.17) is 0 Å². The number of carbonyl (C=O) groups is 1. The number of amides is 1. The molecule has 0 unspecified atom stereocenters. The second-order valence-electron chi connectivity index (χ2n) is 8.09. The third kappa shape index (κ3) is 6.25. The molecule has 33 heavy (non-hydrogen) atoms. The zero-order chi connectivity index (χ0) is 23.1. The van der Waals surface area contributed by atoms with Crippen LogP contribution in [0.2, 0.25) is 0 Å². The standard InChI is InChI=1S/C26H28N2O3S2/c29-26(27(19-22-9-3-1-4-10-22)20-23-11-5-2-6-12-23)21-32-24-13-15-25(16-14-24)33(30,31)28-17-7-8-18-28/h1-6,9-16H,7-8,17-21H2. The lowest BCUT2D eigenvalue weighted by Crippen LogP contribution is -2.31. The van der Waals surface area contributed by atoms with Crippen LogP contribution < -0.4 is 0 Å². The summed E-state index contributed by atoms with van der Waals surface area (Å²) >= 11 is 1.43. The Morgan fingerprint density at radius 1 is 0.788 bits per heavy atom. The smallest absolute Gasteiger partial charge is 0.243 e. The summed E-state index contributed by atoms with van der Waals surface area (Å²) < 4.78 is 27.0. The molecule has 1 amide bonds. The number of hydrogen-bond donors (Lipinski definition) is 0. The van der Waals surface area contributed by atoms with Gasteiger partial charge in [0.25, 0.3) is 0 Å². The zero-order valence-corrected chi connectivity index (χ0v) is 20.1. The summed E-state index contributed by atoms with van der Waals surface area (Å²) in [4.78, 5) is 16.2. The molecule has 0 radical (unpaired) electrons. The van der Waals surface area contributed by atoms with Crippen LogP contribution in [0.25, 0.3) is 0 Å². The van der Waals surface area contributed by atoms with Crippen molar-refractivity contribution in [3.05, 3.63) is 96.1 Å². The number of nitrogens with zero attached hydrogens (tertiary/aromatic N) is 2. The molecule has 1 heterocycles. The number of carbonyl (C=O) groups excluding carboxylic acids is 1. The molecular weight excluding hydrogens is 452 g/mol. The van der Waals surface area contributed by atoms with Crippen molar-refractivity contribution in [3.8, 4) is 0 Å². The highest BCUT2D eigenvalue weighted by Crippen LogP contribution is 2.25. The first-order valence-electron chi connectivity index (χ1n) is 11.1. The fourth-order valence-electron chi connectivity index (χ4n) is 3.86. The molecule has 4 rings (SSSR count). The Morgan fingerprint density at radius 3 is 1.82 bits per heavy atom. The van der Waals surface area contributed by atoms with Gasteiger partial charge in [0.1, 0.15) is 0 Å². The molecule has 0 saturated carbocycles. The fraction of sp³-hybridized carbons (Fsp3) is 0.269. The third-order valence-electron chi connectivity index (χ3n) is 5.67. The van der Waals surface area contributed by atoms with Gasteiger partial charge in [0.15, 0.2) is 0 Å². The van der Waals surface area contributed by atoms with Gasteiger partial charge in [-0.05, 0) is 48.2 Å². The topological polar surface area (TPSA) is 57.7 Å². The van der Waals surface area contributed by atoms with Crippen LogP contribution in [0.15, 0.2) is 94.7 Å². The molecule has 5 nitrogen and oxygen atoms in total. The first kappa shape index (κ1) is 23.5. The SMILES string of the molecule is O=C(CSc1ccc(S(=O)(=O)N2CCCC2)cc1)N(Cc1ccccc1)Cc1ccccc1. The summed E-state index contributed by atoms with van der Waals surface area (Å²) in [7, 11) is -3.42. The van der Waals surface area contributed by atoms with Gasteiger partial charge in [0, 0.05) is 31.1 Å². The third-order valence-corrected chi connectivity index (χ3v) is 8.58. The minimum Gasteiger partial charge on any atom is -0.333 e. The highest BCUT2D eigenvalue weighted by atomic mass is 32.2. The maximum atomic E-state index is 13.1. The van der Waals surface area contributed by atoms with Crippen LogP contribution in [0.1, 0.15) is 24.0 Å². The molecular formula is C26H28N2O3S2. The van der Waals surface area contributed by atoms with E-state index in [-0.39, 0.29) is 11.7 Å². The summed E-state index contributed by atoms with van der Waals surface area (Å²) in [5.74, 6) is 0.333. The summed E-state index contributed by atoms with van der Waals surface area (Å²) in [5.41, 5.74) is 2.17. The van der Waals surface area contributed by atoms with E-state index in [9.17, 15) is 13.2 Å². The number of thioether (sulfide) groups is 1. The predicted octanol–water partition coefficient (Wildman–Crippen LogP) is 4.79. The van der Waals surface area contributed by atoms with E-state index in [2.05, 4.69) is 0 Å². The average molecular weight is 481 g/mol. The zero-order valence-electron chi connectivity index (χ0n) is 18.5. The van der Waals surface area contributed by atoms with Crippen molar-refractivity contribution in [2.75, 3.05) is 18.8 Å². The molecule has 0 aromatic heterocycles. The second-order valence-corrected chi connectivity index (χ2v) is 11.1. The molecule has 1 fully saturated rings. The Kier molecular flexibility index (Phi) is 7.85. The van der Waals surface area contributed by atoms with Crippen molar-refractivity contribution in [1.29, 1.82) is 0 Å². The molecule has 3 aromatic rings. The molecule has 172 valence electrons. The first-order valence-corrected chi connectivity index (χ1v) is 13.5. The molecule has 0 bridgehead atoms. The van der Waals surface area contributed by atoms with Gasteiger partial charge in [-0.3, -0.25) is 4.79 Å². The van der Waals surface area contributed by atoms with Gasteiger partial charge in [-0.25, -0.2) is 8.42 Å². The fourth-order valence-corrected chi connectivity index (χ4v) is 6.18. The van der Waals surface area contributed by atoms with Crippen molar-refractivity contribution in [3.63, 3.8) is 0 Å². The van der Waals surface area contributed by atoms with E-state index in [0.717, 1.165) is 28.9 Å². The minimum absolute atomic E-state index is 0.0430. The Bertz CT molecular complexity index is 1100. The Hall–Kier alpha value is -2.61. The van der Waals surface area contributed by atoms with Gasteiger partial charge < -0.3 is 4.90 Å². The van der Waals surface area contributed by atoms with Gasteiger partial charge in [0.2, 0.25) is 15.9 Å². The van der Waals surface area contributed by atoms with Crippen molar-refractivity contribution >= 4 is 27.7 Å². The second kappa shape index (κ2) is 11.0. The lowest BCUT2D eigenvalue weighted by molar-refractivity contribution is -0.129. The van der Waals surface area contributed by atoms with Crippen LogP contribution in [0.4, 0.5) is 0 Å². The predicted molar refractivity (Wildman–Crippen MR) is 132 cm³/mol. The number of hydrogen-bond acceptors (Lipinski definition) is 4. The molecule has 3 aromatic carbocycles. The van der Waals surface area contributed by atoms with Gasteiger partial charge in [-0.2, -0.15) is 4.31 Å². The van der Waals surface area contributed by atoms with Crippen molar-refractivity contribution in [2.45, 2.75) is 35.7 Å². The average Bonchev–Trinajstić information content (AvgIpc) is 3.40. The van der Waals surface area contributed by atoms with E-state index in [1.807, 2.05) is 65.6 Å². The van der Waals surface area contributed by atoms with E-state index < -0.39 is 10.0 Å².